The summed E-state index contributed by atoms with van der Waals surface area (Å²) in [6, 6.07) is 13.4. The molecule has 1 heterocycles. The number of nitrogens with one attached hydrogen (secondary N) is 1. The van der Waals surface area contributed by atoms with Crippen LogP contribution in [0.5, 0.6) is 0 Å². The summed E-state index contributed by atoms with van der Waals surface area (Å²) >= 11 is 0. The van der Waals surface area contributed by atoms with Crippen LogP contribution < -0.4 is 5.32 Å². The van der Waals surface area contributed by atoms with Crippen molar-refractivity contribution in [3.63, 3.8) is 0 Å². The molecule has 0 fully saturated rings. The Kier molecular flexibility index (Phi) is 5.93. The average molecular weight is 365 g/mol. The van der Waals surface area contributed by atoms with Crippen LogP contribution in [-0.4, -0.2) is 39.8 Å². The molecule has 7 heteroatoms. The van der Waals surface area contributed by atoms with Gasteiger partial charge in [0.25, 0.3) is 0 Å². The molecule has 0 spiro atoms. The maximum Gasteiger partial charge on any atom is 0.338 e. The second-order valence-electron chi connectivity index (χ2n) is 6.19. The monoisotopic (exact) mass is 365 g/mol. The van der Waals surface area contributed by atoms with Gasteiger partial charge in [0.1, 0.15) is 0 Å². The number of carbonyl (C=O) groups is 1. The average Bonchev–Trinajstić information content (AvgIpc) is 3.13. The number of benzene rings is 2. The Bertz CT molecular complexity index is 936. The molecule has 7 nitrogen and oxygen atoms in total. The molecule has 3 rings (SSSR count). The first-order valence-corrected chi connectivity index (χ1v) is 8.89. The zero-order chi connectivity index (χ0) is 19.2. The number of hydrogen-bond acceptors (Lipinski definition) is 6. The molecule has 1 N–H and O–H groups in total. The molecule has 3 aromatic rings. The van der Waals surface area contributed by atoms with E-state index in [9.17, 15) is 4.79 Å². The maximum atomic E-state index is 12.1. The molecule has 0 amide bonds. The van der Waals surface area contributed by atoms with Crippen LogP contribution in [0.1, 0.15) is 34.0 Å². The molecule has 2 aromatic carbocycles. The van der Waals surface area contributed by atoms with Crippen molar-refractivity contribution in [3.05, 3.63) is 64.7 Å². The van der Waals surface area contributed by atoms with E-state index in [0.717, 1.165) is 17.7 Å². The van der Waals surface area contributed by atoms with Crippen molar-refractivity contribution >= 4 is 5.97 Å². The van der Waals surface area contributed by atoms with Gasteiger partial charge in [-0.05, 0) is 54.9 Å². The summed E-state index contributed by atoms with van der Waals surface area (Å²) in [5.41, 5.74) is 4.63. The lowest BCUT2D eigenvalue weighted by Crippen LogP contribution is -2.12. The van der Waals surface area contributed by atoms with Crippen LogP contribution in [0.25, 0.3) is 11.4 Å². The van der Waals surface area contributed by atoms with E-state index in [1.165, 1.54) is 15.9 Å². The number of hydrogen-bond donors (Lipinski definition) is 1. The summed E-state index contributed by atoms with van der Waals surface area (Å²) < 4.78 is 5.12. The number of aryl methyl sites for hydroxylation is 1. The van der Waals surface area contributed by atoms with Gasteiger partial charge in [-0.3, -0.25) is 0 Å². The zero-order valence-electron chi connectivity index (χ0n) is 15.8. The van der Waals surface area contributed by atoms with Gasteiger partial charge < -0.3 is 10.1 Å². The molecule has 27 heavy (non-hydrogen) atoms. The number of carbonyl (C=O) groups excluding carboxylic acids is 1. The van der Waals surface area contributed by atoms with Gasteiger partial charge in [0, 0.05) is 12.1 Å². The van der Waals surface area contributed by atoms with Crippen LogP contribution in [0.2, 0.25) is 0 Å². The minimum atomic E-state index is -0.343. The van der Waals surface area contributed by atoms with Gasteiger partial charge in [-0.15, -0.1) is 10.2 Å². The van der Waals surface area contributed by atoms with Gasteiger partial charge >= 0.3 is 5.97 Å². The third-order valence-corrected chi connectivity index (χ3v) is 4.25. The van der Waals surface area contributed by atoms with E-state index < -0.39 is 0 Å². The Hall–Kier alpha value is -3.06. The molecule has 0 aliphatic heterocycles. The second-order valence-corrected chi connectivity index (χ2v) is 6.19. The minimum absolute atomic E-state index is 0.335. The summed E-state index contributed by atoms with van der Waals surface area (Å²) in [6.07, 6.45) is 0. The van der Waals surface area contributed by atoms with Crippen LogP contribution in [-0.2, 0) is 17.8 Å². The van der Waals surface area contributed by atoms with Gasteiger partial charge in [0.15, 0.2) is 0 Å². The molecular formula is C20H23N5O2. The zero-order valence-corrected chi connectivity index (χ0v) is 15.8. The van der Waals surface area contributed by atoms with E-state index in [-0.39, 0.29) is 5.97 Å². The van der Waals surface area contributed by atoms with Crippen LogP contribution >= 0.6 is 0 Å². The Labute approximate surface area is 158 Å². The van der Waals surface area contributed by atoms with Crippen molar-refractivity contribution in [1.29, 1.82) is 0 Å². The number of tetrazole rings is 1. The normalized spacial score (nSPS) is 10.8. The van der Waals surface area contributed by atoms with Crippen molar-refractivity contribution in [2.45, 2.75) is 26.9 Å². The van der Waals surface area contributed by atoms with E-state index in [0.29, 0.717) is 24.5 Å². The van der Waals surface area contributed by atoms with Gasteiger partial charge in [0.2, 0.25) is 5.82 Å². The first-order chi connectivity index (χ1) is 13.1. The lowest BCUT2D eigenvalue weighted by molar-refractivity contribution is 0.0525. The van der Waals surface area contributed by atoms with Crippen molar-refractivity contribution in [2.75, 3.05) is 13.7 Å². The van der Waals surface area contributed by atoms with Crippen molar-refractivity contribution < 1.29 is 9.53 Å². The molecule has 0 aliphatic carbocycles. The molecule has 0 aliphatic rings. The van der Waals surface area contributed by atoms with E-state index in [1.54, 1.807) is 13.0 Å². The Morgan fingerprint density at radius 3 is 2.74 bits per heavy atom. The van der Waals surface area contributed by atoms with Gasteiger partial charge in [-0.25, -0.2) is 4.79 Å². The number of rotatable bonds is 7. The van der Waals surface area contributed by atoms with Gasteiger partial charge in [-0.1, -0.05) is 30.3 Å². The molecule has 0 unspecified atom stereocenters. The molecule has 0 saturated heterocycles. The molecule has 0 radical (unpaired) electrons. The fourth-order valence-electron chi connectivity index (χ4n) is 2.87. The maximum absolute atomic E-state index is 12.1. The highest BCUT2D eigenvalue weighted by atomic mass is 16.5. The number of esters is 1. The topological polar surface area (TPSA) is 81.9 Å². The summed E-state index contributed by atoms with van der Waals surface area (Å²) in [5, 5.41) is 15.9. The van der Waals surface area contributed by atoms with Crippen LogP contribution in [0.15, 0.2) is 42.5 Å². The van der Waals surface area contributed by atoms with E-state index in [1.807, 2.05) is 31.3 Å². The van der Waals surface area contributed by atoms with E-state index in [2.05, 4.69) is 39.8 Å². The molecule has 140 valence electrons. The fourth-order valence-corrected chi connectivity index (χ4v) is 2.87. The molecule has 0 saturated carbocycles. The van der Waals surface area contributed by atoms with Crippen molar-refractivity contribution in [2.24, 2.45) is 0 Å². The predicted molar refractivity (Wildman–Crippen MR) is 102 cm³/mol. The first-order valence-electron chi connectivity index (χ1n) is 8.89. The highest BCUT2D eigenvalue weighted by molar-refractivity contribution is 5.91. The van der Waals surface area contributed by atoms with Gasteiger partial charge in [0.05, 0.1) is 18.7 Å². The van der Waals surface area contributed by atoms with Crippen molar-refractivity contribution in [3.8, 4) is 11.4 Å². The SMILES string of the molecule is CCOC(=O)c1ccccc1Cn1nnc(-c2ccc(CNC)c(C)c2)n1. The lowest BCUT2D eigenvalue weighted by Gasteiger charge is -2.07. The van der Waals surface area contributed by atoms with Crippen molar-refractivity contribution in [1.82, 2.24) is 25.5 Å². The second kappa shape index (κ2) is 8.55. The number of nitrogens with zero attached hydrogens (tertiary/aromatic N) is 4. The van der Waals surface area contributed by atoms with E-state index >= 15 is 0 Å². The van der Waals surface area contributed by atoms with Crippen LogP contribution in [0, 0.1) is 6.92 Å². The summed E-state index contributed by atoms with van der Waals surface area (Å²) in [7, 11) is 1.93. The quantitative estimate of drug-likeness (QED) is 0.648. The third kappa shape index (κ3) is 4.38. The fraction of sp³-hybridized carbons (Fsp3) is 0.300. The molecule has 1 aromatic heterocycles. The third-order valence-electron chi connectivity index (χ3n) is 4.25. The van der Waals surface area contributed by atoms with Gasteiger partial charge in [-0.2, -0.15) is 4.80 Å². The first kappa shape index (κ1) is 18.7. The Morgan fingerprint density at radius 1 is 1.19 bits per heavy atom. The minimum Gasteiger partial charge on any atom is -0.462 e. The highest BCUT2D eigenvalue weighted by Crippen LogP contribution is 2.19. The molecule has 0 atom stereocenters. The lowest BCUT2D eigenvalue weighted by atomic mass is 10.0. The Morgan fingerprint density at radius 2 is 2.00 bits per heavy atom. The summed E-state index contributed by atoms with van der Waals surface area (Å²) in [4.78, 5) is 13.6. The summed E-state index contributed by atoms with van der Waals surface area (Å²) in [5.74, 6) is 0.215. The van der Waals surface area contributed by atoms with Crippen LogP contribution in [0.3, 0.4) is 0 Å². The van der Waals surface area contributed by atoms with E-state index in [4.69, 9.17) is 4.74 Å². The standard InChI is InChI=1S/C20H23N5O2/c1-4-27-20(26)18-8-6-5-7-17(18)13-25-23-19(22-24-25)15-9-10-16(12-21-3)14(2)11-15/h5-11,21H,4,12-13H2,1-3H3. The molecular weight excluding hydrogens is 342 g/mol. The number of aromatic nitrogens is 4. The number of ether oxygens (including phenoxy) is 1. The smallest absolute Gasteiger partial charge is 0.338 e. The predicted octanol–water partition coefficient (Wildman–Crippen LogP) is 2.59. The molecule has 0 bridgehead atoms. The highest BCUT2D eigenvalue weighted by Gasteiger charge is 2.14. The van der Waals surface area contributed by atoms with Crippen LogP contribution in [0.4, 0.5) is 0 Å². The summed E-state index contributed by atoms with van der Waals surface area (Å²) in [6.45, 7) is 5.35. The largest absolute Gasteiger partial charge is 0.462 e. The Balaban J connectivity index is 1.81.